The molecule has 0 spiro atoms. The van der Waals surface area contributed by atoms with Crippen LogP contribution in [0.2, 0.25) is 0 Å². The molecule has 8 heteroatoms. The van der Waals surface area contributed by atoms with Crippen LogP contribution in [0.15, 0.2) is 40.2 Å². The monoisotopic (exact) mass is 499 g/mol. The minimum absolute atomic E-state index is 0. The molecule has 1 N–H and O–H groups in total. The maximum Gasteiger partial charge on any atom is 0.194 e. The second kappa shape index (κ2) is 10.3. The summed E-state index contributed by atoms with van der Waals surface area (Å²) in [4.78, 5) is 7.32. The van der Waals surface area contributed by atoms with Crippen molar-refractivity contribution in [1.82, 2.24) is 20.0 Å². The van der Waals surface area contributed by atoms with Crippen LogP contribution in [0.1, 0.15) is 36.5 Å². The minimum Gasteiger partial charge on any atom is -0.469 e. The van der Waals surface area contributed by atoms with Gasteiger partial charge in [-0.3, -0.25) is 9.67 Å². The number of ether oxygens (including phenoxy) is 1. The highest BCUT2D eigenvalue weighted by Gasteiger charge is 2.28. The average Bonchev–Trinajstić information content (AvgIpc) is 3.43. The van der Waals surface area contributed by atoms with Crippen LogP contribution in [0, 0.1) is 0 Å². The summed E-state index contributed by atoms with van der Waals surface area (Å²) in [6, 6.07) is 4.38. The van der Waals surface area contributed by atoms with E-state index in [4.69, 9.17) is 14.1 Å². The van der Waals surface area contributed by atoms with Crippen LogP contribution < -0.4 is 5.32 Å². The predicted octanol–water partition coefficient (Wildman–Crippen LogP) is 2.79. The Morgan fingerprint density at radius 1 is 1.32 bits per heavy atom. The third-order valence-electron chi connectivity index (χ3n) is 5.44. The Balaban J connectivity index is 0.00000225. The molecule has 0 saturated carbocycles. The molecule has 1 unspecified atom stereocenters. The van der Waals surface area contributed by atoms with E-state index in [1.165, 1.54) is 5.56 Å². The Labute approximate surface area is 183 Å². The van der Waals surface area contributed by atoms with Gasteiger partial charge in [0.05, 0.1) is 12.5 Å². The molecule has 2 aliphatic heterocycles. The van der Waals surface area contributed by atoms with Gasteiger partial charge in [-0.15, -0.1) is 24.0 Å². The number of hydrogen-bond donors (Lipinski definition) is 1. The zero-order valence-corrected chi connectivity index (χ0v) is 18.7. The fourth-order valence-corrected chi connectivity index (χ4v) is 3.86. The number of nitrogens with zero attached hydrogens (tertiary/aromatic N) is 4. The SMILES string of the molecule is Cn1cc(C2CCN(C(=NCCc3ccco3)NC3CCOCC3)C2)cn1.I. The Morgan fingerprint density at radius 2 is 2.18 bits per heavy atom. The molecule has 0 bridgehead atoms. The van der Waals surface area contributed by atoms with Gasteiger partial charge in [0.1, 0.15) is 5.76 Å². The fraction of sp³-hybridized carbons (Fsp3) is 0.600. The lowest BCUT2D eigenvalue weighted by Crippen LogP contribution is -2.47. The number of nitrogens with one attached hydrogen (secondary N) is 1. The largest absolute Gasteiger partial charge is 0.469 e. The van der Waals surface area contributed by atoms with Gasteiger partial charge in [0.25, 0.3) is 0 Å². The first kappa shape index (κ1) is 21.2. The van der Waals surface area contributed by atoms with Crippen molar-refractivity contribution < 1.29 is 9.15 Å². The number of halogens is 1. The summed E-state index contributed by atoms with van der Waals surface area (Å²) < 4.78 is 12.8. The molecule has 0 radical (unpaired) electrons. The molecule has 2 aromatic rings. The van der Waals surface area contributed by atoms with E-state index in [9.17, 15) is 0 Å². The van der Waals surface area contributed by atoms with E-state index in [0.29, 0.717) is 12.0 Å². The molecule has 2 fully saturated rings. The molecule has 0 aliphatic carbocycles. The number of guanidine groups is 1. The van der Waals surface area contributed by atoms with E-state index in [2.05, 4.69) is 21.5 Å². The molecule has 0 amide bonds. The topological polar surface area (TPSA) is 67.8 Å². The summed E-state index contributed by atoms with van der Waals surface area (Å²) in [5.74, 6) is 2.53. The summed E-state index contributed by atoms with van der Waals surface area (Å²) in [6.07, 6.45) is 9.89. The minimum atomic E-state index is 0. The van der Waals surface area contributed by atoms with Crippen molar-refractivity contribution in [2.45, 2.75) is 37.6 Å². The highest BCUT2D eigenvalue weighted by Crippen LogP contribution is 2.27. The molecule has 0 aromatic carbocycles. The predicted molar refractivity (Wildman–Crippen MR) is 119 cm³/mol. The zero-order chi connectivity index (χ0) is 18.5. The normalized spacial score (nSPS) is 21.0. The summed E-state index contributed by atoms with van der Waals surface area (Å²) in [7, 11) is 1.98. The van der Waals surface area contributed by atoms with Crippen molar-refractivity contribution in [3.63, 3.8) is 0 Å². The van der Waals surface area contributed by atoms with Crippen molar-refractivity contribution >= 4 is 29.9 Å². The smallest absolute Gasteiger partial charge is 0.194 e. The van der Waals surface area contributed by atoms with Crippen LogP contribution in [-0.4, -0.2) is 59.5 Å². The second-order valence-electron chi connectivity index (χ2n) is 7.44. The fourth-order valence-electron chi connectivity index (χ4n) is 3.86. The van der Waals surface area contributed by atoms with Crippen LogP contribution in [-0.2, 0) is 18.2 Å². The van der Waals surface area contributed by atoms with E-state index in [1.807, 2.05) is 30.1 Å². The number of likely N-dealkylation sites (tertiary alicyclic amines) is 1. The molecule has 2 saturated heterocycles. The van der Waals surface area contributed by atoms with Crippen molar-refractivity contribution in [2.75, 3.05) is 32.8 Å². The molecular weight excluding hydrogens is 469 g/mol. The maximum atomic E-state index is 5.50. The van der Waals surface area contributed by atoms with E-state index >= 15 is 0 Å². The third kappa shape index (κ3) is 5.50. The molecule has 28 heavy (non-hydrogen) atoms. The quantitative estimate of drug-likeness (QED) is 0.390. The van der Waals surface area contributed by atoms with Crippen molar-refractivity contribution in [1.29, 1.82) is 0 Å². The molecule has 4 heterocycles. The molecule has 4 rings (SSSR count). The van der Waals surface area contributed by atoms with E-state index in [0.717, 1.165) is 70.3 Å². The van der Waals surface area contributed by atoms with Crippen LogP contribution in [0.5, 0.6) is 0 Å². The number of rotatable bonds is 5. The summed E-state index contributed by atoms with van der Waals surface area (Å²) in [6.45, 7) is 4.40. The summed E-state index contributed by atoms with van der Waals surface area (Å²) >= 11 is 0. The van der Waals surface area contributed by atoms with Gasteiger partial charge in [-0.25, -0.2) is 0 Å². The first-order chi connectivity index (χ1) is 13.3. The molecule has 1 atom stereocenters. The standard InChI is InChI=1S/C20H29N5O2.HI/c1-24-14-17(13-22-24)16-5-9-25(15-16)20(23-18-6-11-26-12-7-18)21-8-4-19-3-2-10-27-19;/h2-3,10,13-14,16,18H,4-9,11-12,15H2,1H3,(H,21,23);1H. The van der Waals surface area contributed by atoms with Gasteiger partial charge in [0.15, 0.2) is 5.96 Å². The van der Waals surface area contributed by atoms with Gasteiger partial charge in [-0.1, -0.05) is 0 Å². The van der Waals surface area contributed by atoms with Crippen LogP contribution in [0.4, 0.5) is 0 Å². The lowest BCUT2D eigenvalue weighted by molar-refractivity contribution is 0.0816. The van der Waals surface area contributed by atoms with Gasteiger partial charge < -0.3 is 19.4 Å². The molecule has 154 valence electrons. The lowest BCUT2D eigenvalue weighted by atomic mass is 10.0. The second-order valence-corrected chi connectivity index (χ2v) is 7.44. The van der Waals surface area contributed by atoms with Crippen molar-refractivity contribution in [2.24, 2.45) is 12.0 Å². The first-order valence-electron chi connectivity index (χ1n) is 9.92. The number of hydrogen-bond acceptors (Lipinski definition) is 4. The van der Waals surface area contributed by atoms with Gasteiger partial charge in [0.2, 0.25) is 0 Å². The van der Waals surface area contributed by atoms with Gasteiger partial charge >= 0.3 is 0 Å². The van der Waals surface area contributed by atoms with Crippen molar-refractivity contribution in [3.05, 3.63) is 42.1 Å². The Hall–Kier alpha value is -1.55. The van der Waals surface area contributed by atoms with E-state index in [1.54, 1.807) is 6.26 Å². The summed E-state index contributed by atoms with van der Waals surface area (Å²) in [5, 5.41) is 8.03. The van der Waals surface area contributed by atoms with Gasteiger partial charge in [-0.05, 0) is 37.0 Å². The van der Waals surface area contributed by atoms with Gasteiger partial charge in [0, 0.05) is 64.5 Å². The Bertz CT molecular complexity index is 740. The highest BCUT2D eigenvalue weighted by atomic mass is 127. The Morgan fingerprint density at radius 3 is 2.89 bits per heavy atom. The molecule has 2 aliphatic rings. The number of aromatic nitrogens is 2. The van der Waals surface area contributed by atoms with Crippen molar-refractivity contribution in [3.8, 4) is 0 Å². The molecular formula is C20H30IN5O2. The number of aliphatic imine (C=N–C) groups is 1. The van der Waals surface area contributed by atoms with Crippen LogP contribution in [0.25, 0.3) is 0 Å². The van der Waals surface area contributed by atoms with Crippen LogP contribution in [0.3, 0.4) is 0 Å². The average molecular weight is 499 g/mol. The summed E-state index contributed by atoms with van der Waals surface area (Å²) in [5.41, 5.74) is 1.32. The van der Waals surface area contributed by atoms with Crippen LogP contribution >= 0.6 is 24.0 Å². The third-order valence-corrected chi connectivity index (χ3v) is 5.44. The van der Waals surface area contributed by atoms with E-state index in [-0.39, 0.29) is 24.0 Å². The maximum absolute atomic E-state index is 5.50. The highest BCUT2D eigenvalue weighted by molar-refractivity contribution is 14.0. The Kier molecular flexibility index (Phi) is 7.78. The van der Waals surface area contributed by atoms with E-state index < -0.39 is 0 Å². The lowest BCUT2D eigenvalue weighted by Gasteiger charge is -2.29. The van der Waals surface area contributed by atoms with Gasteiger partial charge in [-0.2, -0.15) is 5.10 Å². The zero-order valence-electron chi connectivity index (χ0n) is 16.4. The first-order valence-corrected chi connectivity index (χ1v) is 9.92. The number of aryl methyl sites for hydroxylation is 1. The molecule has 7 nitrogen and oxygen atoms in total. The molecule has 2 aromatic heterocycles. The number of furan rings is 1.